The molecule has 0 spiro atoms. The SMILES string of the molecule is COC(=O)C(=O)Cc1ccc(C(F)F)cc1. The molecule has 0 saturated carbocycles. The first-order valence-electron chi connectivity index (χ1n) is 4.52. The maximum absolute atomic E-state index is 12.2. The van der Waals surface area contributed by atoms with Gasteiger partial charge in [0.05, 0.1) is 7.11 Å². The molecule has 0 aliphatic rings. The highest BCUT2D eigenvalue weighted by molar-refractivity contribution is 6.34. The number of esters is 1. The van der Waals surface area contributed by atoms with Crippen molar-refractivity contribution in [3.63, 3.8) is 0 Å². The zero-order valence-corrected chi connectivity index (χ0v) is 8.57. The van der Waals surface area contributed by atoms with E-state index in [1.54, 1.807) is 0 Å². The number of ether oxygens (including phenoxy) is 1. The Morgan fingerprint density at radius 2 is 1.81 bits per heavy atom. The first-order valence-corrected chi connectivity index (χ1v) is 4.52. The van der Waals surface area contributed by atoms with Crippen LogP contribution < -0.4 is 0 Å². The third-order valence-electron chi connectivity index (χ3n) is 2.01. The number of hydrogen-bond donors (Lipinski definition) is 0. The van der Waals surface area contributed by atoms with Crippen molar-refractivity contribution in [3.8, 4) is 0 Å². The van der Waals surface area contributed by atoms with Gasteiger partial charge in [-0.15, -0.1) is 0 Å². The van der Waals surface area contributed by atoms with Gasteiger partial charge < -0.3 is 4.74 Å². The van der Waals surface area contributed by atoms with Crippen LogP contribution in [-0.2, 0) is 20.7 Å². The number of alkyl halides is 2. The molecule has 0 radical (unpaired) electrons. The molecule has 0 saturated heterocycles. The minimum Gasteiger partial charge on any atom is -0.463 e. The van der Waals surface area contributed by atoms with E-state index in [9.17, 15) is 18.4 Å². The zero-order valence-electron chi connectivity index (χ0n) is 8.57. The largest absolute Gasteiger partial charge is 0.463 e. The van der Waals surface area contributed by atoms with Crippen LogP contribution in [0, 0.1) is 0 Å². The molecule has 0 N–H and O–H groups in total. The maximum Gasteiger partial charge on any atom is 0.374 e. The summed E-state index contributed by atoms with van der Waals surface area (Å²) in [5, 5.41) is 0. The Bertz CT molecular complexity index is 385. The van der Waals surface area contributed by atoms with Gasteiger partial charge in [-0.3, -0.25) is 4.79 Å². The molecule has 0 unspecified atom stereocenters. The molecule has 86 valence electrons. The van der Waals surface area contributed by atoms with Gasteiger partial charge in [-0.25, -0.2) is 13.6 Å². The van der Waals surface area contributed by atoms with E-state index in [4.69, 9.17) is 0 Å². The Hall–Kier alpha value is -1.78. The fraction of sp³-hybridized carbons (Fsp3) is 0.273. The highest BCUT2D eigenvalue weighted by atomic mass is 19.3. The Balaban J connectivity index is 2.69. The summed E-state index contributed by atoms with van der Waals surface area (Å²) in [6.45, 7) is 0. The molecule has 1 rings (SSSR count). The van der Waals surface area contributed by atoms with Crippen LogP contribution in [0.1, 0.15) is 17.6 Å². The molecule has 0 atom stereocenters. The molecule has 0 aliphatic heterocycles. The highest BCUT2D eigenvalue weighted by Crippen LogP contribution is 2.18. The smallest absolute Gasteiger partial charge is 0.374 e. The zero-order chi connectivity index (χ0) is 12.1. The summed E-state index contributed by atoms with van der Waals surface area (Å²) in [6, 6.07) is 5.24. The molecule has 3 nitrogen and oxygen atoms in total. The molecule has 0 fully saturated rings. The molecular weight excluding hydrogens is 218 g/mol. The van der Waals surface area contributed by atoms with Crippen LogP contribution in [0.3, 0.4) is 0 Å². The summed E-state index contributed by atoms with van der Waals surface area (Å²) < 4.78 is 28.6. The van der Waals surface area contributed by atoms with Gasteiger partial charge >= 0.3 is 5.97 Å². The topological polar surface area (TPSA) is 43.4 Å². The normalized spacial score (nSPS) is 10.2. The van der Waals surface area contributed by atoms with Crippen molar-refractivity contribution in [1.29, 1.82) is 0 Å². The lowest BCUT2D eigenvalue weighted by atomic mass is 10.1. The lowest BCUT2D eigenvalue weighted by Gasteiger charge is -2.02. The molecule has 5 heteroatoms. The molecule has 16 heavy (non-hydrogen) atoms. The van der Waals surface area contributed by atoms with E-state index in [1.165, 1.54) is 24.3 Å². The number of methoxy groups -OCH3 is 1. The number of ketones is 1. The van der Waals surface area contributed by atoms with Gasteiger partial charge in [-0.05, 0) is 5.56 Å². The average Bonchev–Trinajstić information content (AvgIpc) is 2.28. The number of carbonyl (C=O) groups excluding carboxylic acids is 2. The number of rotatable bonds is 4. The standard InChI is InChI=1S/C11H10F2O3/c1-16-11(15)9(14)6-7-2-4-8(5-3-7)10(12)13/h2-5,10H,6H2,1H3. The minimum atomic E-state index is -2.54. The Morgan fingerprint density at radius 1 is 1.25 bits per heavy atom. The Morgan fingerprint density at radius 3 is 2.25 bits per heavy atom. The van der Waals surface area contributed by atoms with Gasteiger partial charge in [0, 0.05) is 12.0 Å². The lowest BCUT2D eigenvalue weighted by Crippen LogP contribution is -2.17. The molecular formula is C11H10F2O3. The number of benzene rings is 1. The van der Waals surface area contributed by atoms with Crippen molar-refractivity contribution in [1.82, 2.24) is 0 Å². The minimum absolute atomic E-state index is 0.116. The summed E-state index contributed by atoms with van der Waals surface area (Å²) in [5.41, 5.74) is 0.383. The third-order valence-corrected chi connectivity index (χ3v) is 2.01. The summed E-state index contributed by atoms with van der Waals surface area (Å²) >= 11 is 0. The van der Waals surface area contributed by atoms with Crippen LogP contribution in [0.2, 0.25) is 0 Å². The number of hydrogen-bond acceptors (Lipinski definition) is 3. The van der Waals surface area contributed by atoms with Crippen LogP contribution in [0.15, 0.2) is 24.3 Å². The summed E-state index contributed by atoms with van der Waals surface area (Å²) in [5.74, 6) is -1.63. The van der Waals surface area contributed by atoms with Crippen molar-refractivity contribution >= 4 is 11.8 Å². The van der Waals surface area contributed by atoms with E-state index < -0.39 is 18.2 Å². The van der Waals surface area contributed by atoms with E-state index in [-0.39, 0.29) is 12.0 Å². The van der Waals surface area contributed by atoms with Crippen molar-refractivity contribution in [2.45, 2.75) is 12.8 Å². The molecule has 0 heterocycles. The Labute approximate surface area is 91.0 Å². The van der Waals surface area contributed by atoms with Crippen molar-refractivity contribution in [2.75, 3.05) is 7.11 Å². The molecule has 0 aliphatic carbocycles. The van der Waals surface area contributed by atoms with E-state index in [2.05, 4.69) is 4.74 Å². The Kier molecular flexibility index (Phi) is 4.10. The maximum atomic E-state index is 12.2. The molecule has 0 bridgehead atoms. The monoisotopic (exact) mass is 228 g/mol. The number of halogens is 2. The third kappa shape index (κ3) is 3.12. The van der Waals surface area contributed by atoms with Gasteiger partial charge in [0.25, 0.3) is 6.43 Å². The van der Waals surface area contributed by atoms with Crippen LogP contribution >= 0.6 is 0 Å². The van der Waals surface area contributed by atoms with Gasteiger partial charge in [0.15, 0.2) is 0 Å². The van der Waals surface area contributed by atoms with Gasteiger partial charge in [0.1, 0.15) is 0 Å². The van der Waals surface area contributed by atoms with E-state index in [1.807, 2.05) is 0 Å². The van der Waals surface area contributed by atoms with E-state index in [0.29, 0.717) is 5.56 Å². The molecule has 1 aromatic carbocycles. The van der Waals surface area contributed by atoms with Gasteiger partial charge in [-0.1, -0.05) is 24.3 Å². The molecule has 1 aromatic rings. The second kappa shape index (κ2) is 5.34. The molecule has 0 aromatic heterocycles. The quantitative estimate of drug-likeness (QED) is 0.584. The van der Waals surface area contributed by atoms with E-state index in [0.717, 1.165) is 7.11 Å². The second-order valence-corrected chi connectivity index (χ2v) is 3.13. The summed E-state index contributed by atoms with van der Waals surface area (Å²) in [6.07, 6.45) is -2.68. The van der Waals surface area contributed by atoms with Gasteiger partial charge in [0.2, 0.25) is 5.78 Å². The predicted octanol–water partition coefficient (Wildman–Crippen LogP) is 1.91. The predicted molar refractivity (Wildman–Crippen MR) is 52.1 cm³/mol. The average molecular weight is 228 g/mol. The van der Waals surface area contributed by atoms with Crippen molar-refractivity contribution in [3.05, 3.63) is 35.4 Å². The van der Waals surface area contributed by atoms with Crippen LogP contribution in [0.5, 0.6) is 0 Å². The van der Waals surface area contributed by atoms with Crippen molar-refractivity contribution in [2.24, 2.45) is 0 Å². The first-order chi connectivity index (χ1) is 7.54. The van der Waals surface area contributed by atoms with Crippen molar-refractivity contribution < 1.29 is 23.1 Å². The number of carbonyl (C=O) groups is 2. The first kappa shape index (κ1) is 12.3. The van der Waals surface area contributed by atoms with Crippen LogP contribution in [-0.4, -0.2) is 18.9 Å². The van der Waals surface area contributed by atoms with E-state index >= 15 is 0 Å². The molecule has 0 amide bonds. The fourth-order valence-electron chi connectivity index (χ4n) is 1.15. The fourth-order valence-corrected chi connectivity index (χ4v) is 1.15. The number of Topliss-reactive ketones (excluding diaryl/α,β-unsaturated/α-hetero) is 1. The van der Waals surface area contributed by atoms with Crippen LogP contribution in [0.25, 0.3) is 0 Å². The highest BCUT2D eigenvalue weighted by Gasteiger charge is 2.14. The lowest BCUT2D eigenvalue weighted by molar-refractivity contribution is -0.151. The summed E-state index contributed by atoms with van der Waals surface area (Å²) in [7, 11) is 1.11. The summed E-state index contributed by atoms with van der Waals surface area (Å²) in [4.78, 5) is 21.9. The van der Waals surface area contributed by atoms with Gasteiger partial charge in [-0.2, -0.15) is 0 Å². The van der Waals surface area contributed by atoms with Crippen LogP contribution in [0.4, 0.5) is 8.78 Å². The second-order valence-electron chi connectivity index (χ2n) is 3.13.